The van der Waals surface area contributed by atoms with Crippen molar-refractivity contribution in [3.05, 3.63) is 36.8 Å². The molecule has 0 atom stereocenters. The van der Waals surface area contributed by atoms with Crippen molar-refractivity contribution in [2.75, 3.05) is 11.9 Å². The summed E-state index contributed by atoms with van der Waals surface area (Å²) in [5.74, 6) is 0.0283. The Labute approximate surface area is 72.8 Å². The van der Waals surface area contributed by atoms with E-state index in [2.05, 4.69) is 6.92 Å². The summed E-state index contributed by atoms with van der Waals surface area (Å²) in [7, 11) is 1.75. The van der Waals surface area contributed by atoms with E-state index in [-0.39, 0.29) is 5.91 Å². The zero-order valence-electron chi connectivity index (χ0n) is 7.37. The predicted molar refractivity (Wildman–Crippen MR) is 50.0 cm³/mol. The zero-order chi connectivity index (χ0) is 9.14. The van der Waals surface area contributed by atoms with Crippen LogP contribution in [0.2, 0.25) is 0 Å². The Kier molecular flexibility index (Phi) is 2.48. The normalized spacial score (nSPS) is 9.58. The number of amides is 1. The fourth-order valence-electron chi connectivity index (χ4n) is 0.947. The molecule has 0 unspecified atom stereocenters. The third kappa shape index (κ3) is 1.84. The maximum Gasteiger partial charge on any atom is 0.223 e. The first-order valence-corrected chi connectivity index (χ1v) is 3.77. The molecule has 2 nitrogen and oxygen atoms in total. The van der Waals surface area contributed by atoms with E-state index in [1.165, 1.54) is 6.92 Å². The highest BCUT2D eigenvalue weighted by molar-refractivity contribution is 5.90. The van der Waals surface area contributed by atoms with Crippen LogP contribution in [0.4, 0.5) is 5.69 Å². The number of carbonyl (C=O) groups is 1. The van der Waals surface area contributed by atoms with Crippen molar-refractivity contribution in [3.8, 4) is 0 Å². The zero-order valence-corrected chi connectivity index (χ0v) is 7.37. The first kappa shape index (κ1) is 8.78. The molecule has 0 N–H and O–H groups in total. The fraction of sp³-hybridized carbons (Fsp3) is 0.200. The van der Waals surface area contributed by atoms with Crippen molar-refractivity contribution in [1.29, 1.82) is 0 Å². The van der Waals surface area contributed by atoms with Gasteiger partial charge in [-0.2, -0.15) is 0 Å². The van der Waals surface area contributed by atoms with Gasteiger partial charge in [-0.25, -0.2) is 0 Å². The molecule has 0 aliphatic rings. The van der Waals surface area contributed by atoms with E-state index in [0.717, 1.165) is 11.3 Å². The number of benzene rings is 1. The van der Waals surface area contributed by atoms with E-state index in [1.807, 2.05) is 24.3 Å². The molecule has 0 saturated carbocycles. The van der Waals surface area contributed by atoms with E-state index in [1.54, 1.807) is 11.9 Å². The van der Waals surface area contributed by atoms with E-state index in [9.17, 15) is 4.79 Å². The molecule has 0 fully saturated rings. The highest BCUT2D eigenvalue weighted by Gasteiger charge is 2.03. The van der Waals surface area contributed by atoms with Crippen LogP contribution in [0.1, 0.15) is 12.5 Å². The van der Waals surface area contributed by atoms with Crippen LogP contribution in [-0.2, 0) is 4.79 Å². The van der Waals surface area contributed by atoms with Crippen LogP contribution in [0.5, 0.6) is 0 Å². The molecule has 0 bridgehead atoms. The predicted octanol–water partition coefficient (Wildman–Crippen LogP) is 1.85. The number of hydrogen-bond donors (Lipinski definition) is 0. The molecular weight excluding hydrogens is 150 g/mol. The molecule has 0 spiro atoms. The average Bonchev–Trinajstić information content (AvgIpc) is 2.03. The molecule has 2 heteroatoms. The number of nitrogens with zero attached hydrogens (tertiary/aromatic N) is 1. The van der Waals surface area contributed by atoms with Crippen molar-refractivity contribution >= 4 is 11.6 Å². The summed E-state index contributed by atoms with van der Waals surface area (Å²) < 4.78 is 0. The van der Waals surface area contributed by atoms with Gasteiger partial charge in [-0.05, 0) is 24.6 Å². The van der Waals surface area contributed by atoms with Gasteiger partial charge in [0.15, 0.2) is 0 Å². The molecule has 1 amide bonds. The minimum Gasteiger partial charge on any atom is -0.316 e. The van der Waals surface area contributed by atoms with Crippen LogP contribution in [0, 0.1) is 6.92 Å². The van der Waals surface area contributed by atoms with Crippen molar-refractivity contribution in [1.82, 2.24) is 0 Å². The van der Waals surface area contributed by atoms with Crippen LogP contribution < -0.4 is 4.90 Å². The second-order valence-electron chi connectivity index (χ2n) is 2.75. The van der Waals surface area contributed by atoms with E-state index in [4.69, 9.17) is 0 Å². The fourth-order valence-corrected chi connectivity index (χ4v) is 0.947. The quantitative estimate of drug-likeness (QED) is 0.617. The lowest BCUT2D eigenvalue weighted by molar-refractivity contribution is -0.116. The van der Waals surface area contributed by atoms with E-state index >= 15 is 0 Å². The molecule has 0 aliphatic carbocycles. The van der Waals surface area contributed by atoms with Crippen LogP contribution in [-0.4, -0.2) is 13.0 Å². The first-order valence-electron chi connectivity index (χ1n) is 3.77. The summed E-state index contributed by atoms with van der Waals surface area (Å²) in [5.41, 5.74) is 1.80. The second-order valence-corrected chi connectivity index (χ2v) is 2.75. The lowest BCUT2D eigenvalue weighted by Crippen LogP contribution is -2.22. The monoisotopic (exact) mass is 162 g/mol. The highest BCUT2D eigenvalue weighted by atomic mass is 16.2. The summed E-state index contributed by atoms with van der Waals surface area (Å²) >= 11 is 0. The third-order valence-electron chi connectivity index (χ3n) is 1.77. The summed E-state index contributed by atoms with van der Waals surface area (Å²) in [6.45, 7) is 5.32. The molecule has 63 valence electrons. The summed E-state index contributed by atoms with van der Waals surface area (Å²) in [5, 5.41) is 0. The van der Waals surface area contributed by atoms with Crippen molar-refractivity contribution < 1.29 is 4.79 Å². The molecule has 0 aliphatic heterocycles. The number of hydrogen-bond acceptors (Lipinski definition) is 1. The van der Waals surface area contributed by atoms with Gasteiger partial charge in [-0.1, -0.05) is 12.1 Å². The molecule has 0 heterocycles. The molecule has 0 aromatic heterocycles. The van der Waals surface area contributed by atoms with E-state index < -0.39 is 0 Å². The van der Waals surface area contributed by atoms with Crippen LogP contribution in [0.25, 0.3) is 0 Å². The lowest BCUT2D eigenvalue weighted by Gasteiger charge is -2.14. The van der Waals surface area contributed by atoms with Gasteiger partial charge in [0.2, 0.25) is 5.91 Å². The summed E-state index contributed by atoms with van der Waals surface area (Å²) in [4.78, 5) is 12.6. The Morgan fingerprint density at radius 2 is 2.17 bits per heavy atom. The number of anilines is 1. The van der Waals surface area contributed by atoms with Crippen LogP contribution in [0.3, 0.4) is 0 Å². The van der Waals surface area contributed by atoms with Gasteiger partial charge in [0.25, 0.3) is 0 Å². The average molecular weight is 162 g/mol. The Balaban J connectivity index is 2.95. The van der Waals surface area contributed by atoms with Gasteiger partial charge in [-0.3, -0.25) is 4.79 Å². The van der Waals surface area contributed by atoms with Crippen LogP contribution >= 0.6 is 0 Å². The third-order valence-corrected chi connectivity index (χ3v) is 1.77. The van der Waals surface area contributed by atoms with E-state index in [0.29, 0.717) is 0 Å². The minimum atomic E-state index is 0.0283. The SMILES string of the molecule is [CH2]c1cccc(N(C)C(C)=O)c1. The van der Waals surface area contributed by atoms with Crippen LogP contribution in [0.15, 0.2) is 24.3 Å². The number of carbonyl (C=O) groups excluding carboxylic acids is 1. The van der Waals surface area contributed by atoms with Gasteiger partial charge in [0.1, 0.15) is 0 Å². The Hall–Kier alpha value is -1.31. The molecule has 1 radical (unpaired) electrons. The first-order chi connectivity index (χ1) is 5.61. The van der Waals surface area contributed by atoms with Crippen molar-refractivity contribution in [2.24, 2.45) is 0 Å². The number of rotatable bonds is 1. The lowest BCUT2D eigenvalue weighted by atomic mass is 10.2. The maximum absolute atomic E-state index is 11.0. The Morgan fingerprint density at radius 1 is 1.50 bits per heavy atom. The Bertz CT molecular complexity index is 294. The molecule has 12 heavy (non-hydrogen) atoms. The standard InChI is InChI=1S/C10H12NO/c1-8-5-4-6-10(7-8)11(3)9(2)12/h4-7H,1H2,2-3H3. The molecule has 1 rings (SSSR count). The van der Waals surface area contributed by atoms with Gasteiger partial charge in [-0.15, -0.1) is 0 Å². The van der Waals surface area contributed by atoms with Crippen molar-refractivity contribution in [2.45, 2.75) is 6.92 Å². The van der Waals surface area contributed by atoms with Gasteiger partial charge in [0, 0.05) is 19.7 Å². The minimum absolute atomic E-state index is 0.0283. The van der Waals surface area contributed by atoms with Gasteiger partial charge in [0.05, 0.1) is 0 Å². The second kappa shape index (κ2) is 3.39. The molecule has 1 aromatic rings. The molecule has 1 aromatic carbocycles. The smallest absolute Gasteiger partial charge is 0.223 e. The van der Waals surface area contributed by atoms with Gasteiger partial charge >= 0.3 is 0 Å². The maximum atomic E-state index is 11.0. The van der Waals surface area contributed by atoms with Crippen molar-refractivity contribution in [3.63, 3.8) is 0 Å². The topological polar surface area (TPSA) is 20.3 Å². The highest BCUT2D eigenvalue weighted by Crippen LogP contribution is 2.13. The summed E-state index contributed by atoms with van der Waals surface area (Å²) in [6, 6.07) is 7.55. The molecular formula is C10H12NO. The largest absolute Gasteiger partial charge is 0.316 e. The summed E-state index contributed by atoms with van der Waals surface area (Å²) in [6.07, 6.45) is 0. The Morgan fingerprint density at radius 3 is 2.67 bits per heavy atom. The van der Waals surface area contributed by atoms with Gasteiger partial charge < -0.3 is 4.90 Å². The molecule has 0 saturated heterocycles.